The molecule has 1 aromatic heterocycles. The van der Waals surface area contributed by atoms with Crippen LogP contribution in [0.3, 0.4) is 0 Å². The smallest absolute Gasteiger partial charge is 0.302 e. The second-order valence-electron chi connectivity index (χ2n) is 2.20. The predicted octanol–water partition coefficient (Wildman–Crippen LogP) is 1.40. The van der Waals surface area contributed by atoms with E-state index < -0.39 is 0 Å². The lowest BCUT2D eigenvalue weighted by Crippen LogP contribution is -2.13. The molecule has 0 spiro atoms. The Hall–Kier alpha value is -0.480. The van der Waals surface area contributed by atoms with Crippen LogP contribution in [0.5, 0.6) is 0 Å². The molecule has 0 aliphatic heterocycles. The van der Waals surface area contributed by atoms with Crippen molar-refractivity contribution in [2.45, 2.75) is 6.54 Å². The Morgan fingerprint density at radius 2 is 2.55 bits per heavy atom. The fourth-order valence-electron chi connectivity index (χ4n) is 0.699. The normalized spacial score (nSPS) is 9.91. The van der Waals surface area contributed by atoms with Gasteiger partial charge in [-0.15, -0.1) is 0 Å². The molecule has 0 atom stereocenters. The average Bonchev–Trinajstić information content (AvgIpc) is 2.37. The van der Waals surface area contributed by atoms with E-state index in [1.54, 1.807) is 16.1 Å². The van der Waals surface area contributed by atoms with Crippen molar-refractivity contribution >= 4 is 24.0 Å². The van der Waals surface area contributed by atoms with E-state index in [0.29, 0.717) is 12.3 Å². The van der Waals surface area contributed by atoms with Crippen LogP contribution in [0, 0.1) is 0 Å². The van der Waals surface area contributed by atoms with Crippen molar-refractivity contribution < 1.29 is 0 Å². The number of rotatable bonds is 3. The summed E-state index contributed by atoms with van der Waals surface area (Å²) in [6.45, 7) is 4.35. The van der Waals surface area contributed by atoms with Gasteiger partial charge in [-0.1, -0.05) is 17.9 Å². The van der Waals surface area contributed by atoms with Crippen LogP contribution in [-0.4, -0.2) is 10.3 Å². The van der Waals surface area contributed by atoms with E-state index in [1.165, 1.54) is 11.3 Å². The number of nitrogens with zero attached hydrogens (tertiary/aromatic N) is 1. The van der Waals surface area contributed by atoms with Gasteiger partial charge in [-0.25, -0.2) is 0 Å². The third-order valence-corrected chi connectivity index (χ3v) is 2.40. The Labute approximate surface area is 74.6 Å². The Morgan fingerprint density at radius 3 is 3.00 bits per heavy atom. The summed E-state index contributed by atoms with van der Waals surface area (Å²) in [5.74, 6) is 0.627. The van der Waals surface area contributed by atoms with Gasteiger partial charge in [0.2, 0.25) is 0 Å². The molecule has 1 aromatic rings. The first-order valence-corrected chi connectivity index (χ1v) is 4.66. The van der Waals surface area contributed by atoms with Crippen molar-refractivity contribution in [3.63, 3.8) is 0 Å². The number of hydrogen-bond donors (Lipinski definition) is 1. The molecule has 0 aromatic carbocycles. The largest absolute Gasteiger partial charge is 0.307 e. The second kappa shape index (κ2) is 3.78. The molecular weight excluding hydrogens is 178 g/mol. The molecule has 60 valence electrons. The van der Waals surface area contributed by atoms with Crippen molar-refractivity contribution in [3.05, 3.63) is 33.4 Å². The van der Waals surface area contributed by atoms with Gasteiger partial charge in [0, 0.05) is 23.9 Å². The number of aromatic nitrogens is 1. The Balaban J connectivity index is 2.72. The third kappa shape index (κ3) is 2.24. The van der Waals surface area contributed by atoms with Crippen molar-refractivity contribution in [1.82, 2.24) is 4.57 Å². The molecule has 0 fully saturated rings. The first-order valence-electron chi connectivity index (χ1n) is 3.15. The molecule has 1 rings (SSSR count). The third-order valence-electron chi connectivity index (χ3n) is 1.26. The maximum atomic E-state index is 11.0. The van der Waals surface area contributed by atoms with Gasteiger partial charge in [-0.05, 0) is 5.57 Å². The van der Waals surface area contributed by atoms with Gasteiger partial charge < -0.3 is 4.57 Å². The first-order chi connectivity index (χ1) is 5.24. The van der Waals surface area contributed by atoms with Crippen LogP contribution in [-0.2, 0) is 6.54 Å². The summed E-state index contributed by atoms with van der Waals surface area (Å²) in [6, 6.07) is 0. The maximum absolute atomic E-state index is 11.0. The lowest BCUT2D eigenvalue weighted by molar-refractivity contribution is 0.775. The maximum Gasteiger partial charge on any atom is 0.307 e. The summed E-state index contributed by atoms with van der Waals surface area (Å²) in [6.07, 6.45) is 1.77. The van der Waals surface area contributed by atoms with Gasteiger partial charge in [-0.3, -0.25) is 4.79 Å². The summed E-state index contributed by atoms with van der Waals surface area (Å²) < 4.78 is 1.63. The Morgan fingerprint density at radius 1 is 1.82 bits per heavy atom. The molecule has 0 N–H and O–H groups in total. The molecule has 0 radical (unpaired) electrons. The summed E-state index contributed by atoms with van der Waals surface area (Å²) in [5.41, 5.74) is 0.953. The Kier molecular flexibility index (Phi) is 2.96. The highest BCUT2D eigenvalue weighted by molar-refractivity contribution is 7.80. The first kappa shape index (κ1) is 8.62. The van der Waals surface area contributed by atoms with Crippen molar-refractivity contribution in [3.8, 4) is 0 Å². The minimum atomic E-state index is 0.0629. The van der Waals surface area contributed by atoms with Crippen LogP contribution in [0.2, 0.25) is 0 Å². The molecule has 11 heavy (non-hydrogen) atoms. The molecular formula is C7H9NOS2. The number of thiol groups is 1. The van der Waals surface area contributed by atoms with Gasteiger partial charge in [0.05, 0.1) is 0 Å². The minimum absolute atomic E-state index is 0.0629. The van der Waals surface area contributed by atoms with Crippen molar-refractivity contribution in [2.75, 3.05) is 5.75 Å². The zero-order chi connectivity index (χ0) is 8.27. The van der Waals surface area contributed by atoms with Gasteiger partial charge in [-0.2, -0.15) is 12.6 Å². The SMILES string of the molecule is C=C(CS)Cn1ccsc1=O. The fourth-order valence-corrected chi connectivity index (χ4v) is 1.38. The standard InChI is InChI=1S/C7H9NOS2/c1-6(5-10)4-8-2-3-11-7(8)9/h2-3,10H,1,4-5H2. The van der Waals surface area contributed by atoms with Crippen LogP contribution in [0.4, 0.5) is 0 Å². The van der Waals surface area contributed by atoms with Gasteiger partial charge in [0.15, 0.2) is 0 Å². The number of thiazole rings is 1. The van der Waals surface area contributed by atoms with Crippen LogP contribution in [0.1, 0.15) is 0 Å². The lowest BCUT2D eigenvalue weighted by atomic mass is 10.3. The zero-order valence-corrected chi connectivity index (χ0v) is 7.70. The average molecular weight is 187 g/mol. The molecule has 0 amide bonds. The fraction of sp³-hybridized carbons (Fsp3) is 0.286. The topological polar surface area (TPSA) is 22.0 Å². The summed E-state index contributed by atoms with van der Waals surface area (Å²) in [7, 11) is 0. The molecule has 0 bridgehead atoms. The van der Waals surface area contributed by atoms with E-state index >= 15 is 0 Å². The van der Waals surface area contributed by atoms with Crippen LogP contribution >= 0.6 is 24.0 Å². The van der Waals surface area contributed by atoms with E-state index in [2.05, 4.69) is 19.2 Å². The minimum Gasteiger partial charge on any atom is -0.302 e. The molecule has 0 unspecified atom stereocenters. The van der Waals surface area contributed by atoms with Gasteiger partial charge >= 0.3 is 4.87 Å². The van der Waals surface area contributed by atoms with Crippen LogP contribution < -0.4 is 4.87 Å². The van der Waals surface area contributed by atoms with Crippen molar-refractivity contribution in [2.24, 2.45) is 0 Å². The monoisotopic (exact) mass is 187 g/mol. The molecule has 0 saturated heterocycles. The quantitative estimate of drug-likeness (QED) is 0.560. The van der Waals surface area contributed by atoms with E-state index in [9.17, 15) is 4.79 Å². The molecule has 0 aliphatic rings. The zero-order valence-electron chi connectivity index (χ0n) is 5.99. The van der Waals surface area contributed by atoms with E-state index in [-0.39, 0.29) is 4.87 Å². The van der Waals surface area contributed by atoms with Gasteiger partial charge in [0.1, 0.15) is 0 Å². The molecule has 0 aliphatic carbocycles. The van der Waals surface area contributed by atoms with E-state index in [1.807, 2.05) is 0 Å². The molecule has 2 nitrogen and oxygen atoms in total. The van der Waals surface area contributed by atoms with Crippen LogP contribution in [0.25, 0.3) is 0 Å². The van der Waals surface area contributed by atoms with Crippen molar-refractivity contribution in [1.29, 1.82) is 0 Å². The number of hydrogen-bond acceptors (Lipinski definition) is 3. The lowest BCUT2D eigenvalue weighted by Gasteiger charge is -2.00. The van der Waals surface area contributed by atoms with E-state index in [4.69, 9.17) is 0 Å². The highest BCUT2D eigenvalue weighted by Gasteiger charge is 1.96. The molecule has 0 saturated carbocycles. The second-order valence-corrected chi connectivity index (χ2v) is 3.38. The van der Waals surface area contributed by atoms with E-state index in [0.717, 1.165) is 5.57 Å². The predicted molar refractivity (Wildman–Crippen MR) is 51.6 cm³/mol. The Bertz CT molecular complexity index is 299. The summed E-state index contributed by atoms with van der Waals surface area (Å²) >= 11 is 5.25. The highest BCUT2D eigenvalue weighted by atomic mass is 32.1. The summed E-state index contributed by atoms with van der Waals surface area (Å²) in [5, 5.41) is 1.77. The molecule has 4 heteroatoms. The van der Waals surface area contributed by atoms with Gasteiger partial charge in [0.25, 0.3) is 0 Å². The van der Waals surface area contributed by atoms with Crippen LogP contribution in [0.15, 0.2) is 28.5 Å². The summed E-state index contributed by atoms with van der Waals surface area (Å²) in [4.78, 5) is 11.0. The molecule has 1 heterocycles. The highest BCUT2D eigenvalue weighted by Crippen LogP contribution is 1.98.